The number of phenols is 1. The molecule has 0 aliphatic carbocycles. The van der Waals surface area contributed by atoms with Gasteiger partial charge in [-0.3, -0.25) is 4.79 Å². The Morgan fingerprint density at radius 3 is 2.82 bits per heavy atom. The Hall–Kier alpha value is -2.84. The number of aromatic hydroxyl groups is 1. The predicted octanol–water partition coefficient (Wildman–Crippen LogP) is 3.71. The minimum Gasteiger partial charge on any atom is -0.506 e. The van der Waals surface area contributed by atoms with E-state index in [-0.39, 0.29) is 41.9 Å². The highest BCUT2D eigenvalue weighted by molar-refractivity contribution is 6.33. The number of nitrogens with zero attached hydrogens (tertiary/aromatic N) is 2. The number of carbonyl (C=O) groups excluding carboxylic acids is 2. The van der Waals surface area contributed by atoms with Gasteiger partial charge in [0.15, 0.2) is 6.61 Å². The fourth-order valence-corrected chi connectivity index (χ4v) is 4.18. The lowest BCUT2D eigenvalue weighted by Gasteiger charge is -2.26. The first kappa shape index (κ1) is 25.8. The number of benzene rings is 1. The van der Waals surface area contributed by atoms with E-state index in [9.17, 15) is 19.8 Å². The number of aliphatic hydroxyl groups excluding tert-OH is 1. The maximum atomic E-state index is 12.8. The molecule has 0 spiro atoms. The highest BCUT2D eigenvalue weighted by Gasteiger charge is 2.23. The Balaban J connectivity index is 1.88. The second-order valence-corrected chi connectivity index (χ2v) is 8.79. The number of oxime groups is 1. The van der Waals surface area contributed by atoms with Crippen LogP contribution in [-0.2, 0) is 20.8 Å². The quantitative estimate of drug-likeness (QED) is 0.380. The molecule has 1 aromatic rings. The van der Waals surface area contributed by atoms with Crippen LogP contribution in [0.2, 0.25) is 5.02 Å². The van der Waals surface area contributed by atoms with Gasteiger partial charge in [-0.25, -0.2) is 4.79 Å². The number of carbonyl (C=O) groups is 2. The van der Waals surface area contributed by atoms with Crippen LogP contribution in [-0.4, -0.2) is 65.1 Å². The number of aliphatic hydroxyl groups is 1. The molecule has 2 heterocycles. The second kappa shape index (κ2) is 12.6. The van der Waals surface area contributed by atoms with E-state index in [4.69, 9.17) is 21.2 Å². The van der Waals surface area contributed by atoms with Gasteiger partial charge in [0, 0.05) is 19.5 Å². The number of halogens is 1. The van der Waals surface area contributed by atoms with E-state index in [0.717, 1.165) is 19.3 Å². The Kier molecular flexibility index (Phi) is 9.53. The molecule has 8 nitrogen and oxygen atoms in total. The van der Waals surface area contributed by atoms with Crippen LogP contribution < -0.4 is 0 Å². The van der Waals surface area contributed by atoms with Gasteiger partial charge in [0.2, 0.25) is 0 Å². The van der Waals surface area contributed by atoms with Gasteiger partial charge in [-0.2, -0.15) is 0 Å². The van der Waals surface area contributed by atoms with Crippen LogP contribution in [0.15, 0.2) is 35.5 Å². The number of esters is 1. The number of piperidine rings is 1. The van der Waals surface area contributed by atoms with E-state index in [1.807, 2.05) is 0 Å². The fraction of sp³-hybridized carbons (Fsp3) is 0.480. The van der Waals surface area contributed by atoms with Gasteiger partial charge in [-0.05, 0) is 62.3 Å². The summed E-state index contributed by atoms with van der Waals surface area (Å²) in [5.41, 5.74) is 1.51. The third kappa shape index (κ3) is 7.08. The highest BCUT2D eigenvalue weighted by Crippen LogP contribution is 2.33. The van der Waals surface area contributed by atoms with E-state index in [2.05, 4.69) is 5.16 Å². The molecule has 2 N–H and O–H groups in total. The zero-order chi connectivity index (χ0) is 24.5. The average molecular weight is 491 g/mol. The molecule has 9 heteroatoms. The van der Waals surface area contributed by atoms with Crippen LogP contribution in [0.4, 0.5) is 0 Å². The number of cyclic esters (lactones) is 1. The van der Waals surface area contributed by atoms with E-state index >= 15 is 0 Å². The molecule has 1 aromatic carbocycles. The zero-order valence-corrected chi connectivity index (χ0v) is 20.1. The number of aryl methyl sites for hydroxylation is 1. The fourth-order valence-electron chi connectivity index (χ4n) is 3.97. The van der Waals surface area contributed by atoms with Crippen molar-refractivity contribution in [3.05, 3.63) is 52.1 Å². The molecule has 2 aliphatic heterocycles. The van der Waals surface area contributed by atoms with Crippen LogP contribution in [0, 0.1) is 6.92 Å². The molecule has 0 radical (unpaired) electrons. The van der Waals surface area contributed by atoms with Crippen molar-refractivity contribution in [3.63, 3.8) is 0 Å². The molecule has 0 bridgehead atoms. The molecular weight excluding hydrogens is 460 g/mol. The lowest BCUT2D eigenvalue weighted by atomic mass is 9.96. The summed E-state index contributed by atoms with van der Waals surface area (Å²) < 4.78 is 5.39. The topological polar surface area (TPSA) is 109 Å². The summed E-state index contributed by atoms with van der Waals surface area (Å²) in [7, 11) is 0. The number of rotatable bonds is 3. The van der Waals surface area contributed by atoms with Crippen molar-refractivity contribution < 1.29 is 29.4 Å². The summed E-state index contributed by atoms with van der Waals surface area (Å²) in [5.74, 6) is -0.857. The average Bonchev–Trinajstić information content (AvgIpc) is 2.81. The number of allylic oxidation sites excluding steroid dienone is 1. The van der Waals surface area contributed by atoms with Crippen molar-refractivity contribution in [2.75, 3.05) is 26.3 Å². The molecule has 1 fully saturated rings. The largest absolute Gasteiger partial charge is 0.506 e. The Morgan fingerprint density at radius 2 is 2.06 bits per heavy atom. The summed E-state index contributed by atoms with van der Waals surface area (Å²) >= 11 is 6.38. The Bertz CT molecular complexity index is 982. The molecule has 0 saturated carbocycles. The molecule has 1 saturated heterocycles. The maximum absolute atomic E-state index is 12.8. The van der Waals surface area contributed by atoms with E-state index in [0.29, 0.717) is 42.8 Å². The van der Waals surface area contributed by atoms with E-state index < -0.39 is 12.1 Å². The van der Waals surface area contributed by atoms with Gasteiger partial charge in [0.05, 0.1) is 29.0 Å². The van der Waals surface area contributed by atoms with Gasteiger partial charge in [0.25, 0.3) is 5.91 Å². The first-order chi connectivity index (χ1) is 16.4. The molecule has 0 aromatic heterocycles. The number of hydrogen-bond acceptors (Lipinski definition) is 7. The van der Waals surface area contributed by atoms with Crippen LogP contribution in [0.1, 0.15) is 53.6 Å². The molecule has 1 unspecified atom stereocenters. The molecule has 34 heavy (non-hydrogen) atoms. The predicted molar refractivity (Wildman–Crippen MR) is 129 cm³/mol. The summed E-state index contributed by atoms with van der Waals surface area (Å²) in [6.07, 6.45) is 9.99. The van der Waals surface area contributed by atoms with Crippen LogP contribution in [0.3, 0.4) is 0 Å². The number of amides is 1. The van der Waals surface area contributed by atoms with E-state index in [1.165, 1.54) is 6.07 Å². The molecule has 184 valence electrons. The number of hydrogen-bond donors (Lipinski definition) is 2. The van der Waals surface area contributed by atoms with Crippen LogP contribution in [0.25, 0.3) is 0 Å². The van der Waals surface area contributed by atoms with Crippen molar-refractivity contribution in [2.24, 2.45) is 5.16 Å². The normalized spacial score (nSPS) is 22.9. The minimum absolute atomic E-state index is 0.0232. The van der Waals surface area contributed by atoms with Gasteiger partial charge < -0.3 is 24.7 Å². The van der Waals surface area contributed by atoms with Gasteiger partial charge in [-0.1, -0.05) is 35.0 Å². The first-order valence-corrected chi connectivity index (χ1v) is 11.9. The number of phenolic OH excluding ortho intramolecular Hbond substituents is 1. The van der Waals surface area contributed by atoms with Crippen molar-refractivity contribution in [1.29, 1.82) is 0 Å². The number of fused-ring (bicyclic) bond motifs is 1. The van der Waals surface area contributed by atoms with Gasteiger partial charge >= 0.3 is 5.97 Å². The lowest BCUT2D eigenvalue weighted by Crippen LogP contribution is -2.37. The number of ether oxygens (including phenoxy) is 1. The first-order valence-electron chi connectivity index (χ1n) is 11.5. The summed E-state index contributed by atoms with van der Waals surface area (Å²) in [6.45, 7) is 3.06. The summed E-state index contributed by atoms with van der Waals surface area (Å²) in [5, 5.41) is 24.5. The SMILES string of the molecule is Cc1cc(O)c(Cl)c2c1C(=O)OCC/C=C/C(O)C/C=C/C(=N/OCC(=O)N1CCCCC1)C2. The number of likely N-dealkylation sites (tertiary alicyclic amines) is 1. The van der Waals surface area contributed by atoms with Crippen molar-refractivity contribution >= 4 is 29.2 Å². The minimum atomic E-state index is -0.708. The molecule has 3 rings (SSSR count). The van der Waals surface area contributed by atoms with Gasteiger partial charge in [0.1, 0.15) is 5.75 Å². The van der Waals surface area contributed by atoms with Crippen LogP contribution in [0.5, 0.6) is 5.75 Å². The molecule has 2 aliphatic rings. The molecule has 1 atom stereocenters. The summed E-state index contributed by atoms with van der Waals surface area (Å²) in [4.78, 5) is 32.4. The molecular formula is C25H31ClN2O6. The second-order valence-electron chi connectivity index (χ2n) is 8.41. The van der Waals surface area contributed by atoms with Crippen LogP contribution >= 0.6 is 11.6 Å². The monoisotopic (exact) mass is 490 g/mol. The summed E-state index contributed by atoms with van der Waals surface area (Å²) in [6, 6.07) is 1.42. The lowest BCUT2D eigenvalue weighted by molar-refractivity contribution is -0.137. The third-order valence-electron chi connectivity index (χ3n) is 5.74. The van der Waals surface area contributed by atoms with E-state index in [1.54, 1.807) is 36.1 Å². The van der Waals surface area contributed by atoms with Gasteiger partial charge in [-0.15, -0.1) is 0 Å². The standard InChI is InChI=1S/C25H31ClN2O6/c1-17-14-21(30)24(26)20-15-18(27-34-16-22(31)28-11-4-2-5-12-28)8-7-10-19(29)9-3-6-13-33-25(32)23(17)20/h3,7-9,14,19,29-30H,2,4-6,10-13,15-16H2,1H3/b8-7+,9-3+,27-18-. The Labute approximate surface area is 204 Å². The highest BCUT2D eigenvalue weighted by atomic mass is 35.5. The van der Waals surface area contributed by atoms with Crippen molar-refractivity contribution in [2.45, 2.75) is 51.6 Å². The zero-order valence-electron chi connectivity index (χ0n) is 19.3. The molecule has 1 amide bonds. The smallest absolute Gasteiger partial charge is 0.338 e. The van der Waals surface area contributed by atoms with Crippen molar-refractivity contribution in [1.82, 2.24) is 4.90 Å². The van der Waals surface area contributed by atoms with Crippen molar-refractivity contribution in [3.8, 4) is 5.75 Å². The maximum Gasteiger partial charge on any atom is 0.338 e. The Morgan fingerprint density at radius 1 is 1.29 bits per heavy atom. The third-order valence-corrected chi connectivity index (χ3v) is 6.17.